The first-order chi connectivity index (χ1) is 24.5. The van der Waals surface area contributed by atoms with Crippen LogP contribution in [-0.2, 0) is 4.74 Å². The zero-order valence-corrected chi connectivity index (χ0v) is 25.8. The van der Waals surface area contributed by atoms with E-state index in [2.05, 4.69) is 0 Å². The van der Waals surface area contributed by atoms with Crippen molar-refractivity contribution < 1.29 is 53.3 Å². The maximum Gasteiger partial charge on any atom is 0.346 e. The number of aromatic carboxylic acids is 2. The number of carboxylic acid groups (broad SMARTS) is 2. The van der Waals surface area contributed by atoms with Crippen molar-refractivity contribution in [1.29, 1.82) is 0 Å². The van der Waals surface area contributed by atoms with Gasteiger partial charge in [-0.25, -0.2) is 19.2 Å². The third kappa shape index (κ3) is 4.38. The third-order valence-electron chi connectivity index (χ3n) is 9.18. The number of fused-ring (bicyclic) bond motifs is 8. The SMILES string of the molecule is O=C1c2ccccc2C(=O)c2c1cc(C(=O)O)c1c(C(=O)OC(=O)c3cccc4c5c(cc(C(=O)O)c34)C(=O)c3ccccc3C5=O)cccc21. The second-order valence-corrected chi connectivity index (χ2v) is 11.8. The highest BCUT2D eigenvalue weighted by Crippen LogP contribution is 2.38. The van der Waals surface area contributed by atoms with Crippen LogP contribution in [0.5, 0.6) is 0 Å². The molecule has 8 rings (SSSR count). The van der Waals surface area contributed by atoms with E-state index in [4.69, 9.17) is 4.74 Å². The van der Waals surface area contributed by atoms with Gasteiger partial charge >= 0.3 is 23.9 Å². The van der Waals surface area contributed by atoms with E-state index in [9.17, 15) is 48.6 Å². The van der Waals surface area contributed by atoms with Crippen molar-refractivity contribution in [1.82, 2.24) is 0 Å². The molecule has 0 spiro atoms. The van der Waals surface area contributed by atoms with Crippen molar-refractivity contribution in [2.24, 2.45) is 0 Å². The summed E-state index contributed by atoms with van der Waals surface area (Å²) in [5, 5.41) is 19.8. The van der Waals surface area contributed by atoms with Gasteiger partial charge in [-0.3, -0.25) is 19.2 Å². The molecule has 0 heterocycles. The number of esters is 2. The summed E-state index contributed by atoms with van der Waals surface area (Å²) in [6.45, 7) is 0. The summed E-state index contributed by atoms with van der Waals surface area (Å²) in [5.74, 6) is -8.03. The summed E-state index contributed by atoms with van der Waals surface area (Å²) < 4.78 is 5.24. The molecule has 0 aromatic heterocycles. The van der Waals surface area contributed by atoms with Crippen LogP contribution in [0.15, 0.2) is 97.1 Å². The minimum Gasteiger partial charge on any atom is -0.478 e. The molecule has 2 N–H and O–H groups in total. The van der Waals surface area contributed by atoms with Gasteiger partial charge in [0.05, 0.1) is 22.3 Å². The number of carboxylic acids is 2. The van der Waals surface area contributed by atoms with E-state index in [1.54, 1.807) is 24.3 Å². The maximum atomic E-state index is 13.7. The first kappa shape index (κ1) is 30.9. The molecule has 11 heteroatoms. The lowest BCUT2D eigenvalue weighted by molar-refractivity contribution is 0.0399. The van der Waals surface area contributed by atoms with Crippen LogP contribution in [0.2, 0.25) is 0 Å². The number of carbonyl (C=O) groups is 8. The topological polar surface area (TPSA) is 186 Å². The number of rotatable bonds is 4. The fraction of sp³-hybridized carbons (Fsp3) is 0. The number of hydrogen-bond acceptors (Lipinski definition) is 9. The summed E-state index contributed by atoms with van der Waals surface area (Å²) in [6, 6.07) is 21.9. The quantitative estimate of drug-likeness (QED) is 0.166. The minimum atomic E-state index is -1.53. The Morgan fingerprint density at radius 1 is 0.412 bits per heavy atom. The van der Waals surface area contributed by atoms with Gasteiger partial charge in [-0.15, -0.1) is 0 Å². The molecule has 0 aliphatic heterocycles. The summed E-state index contributed by atoms with van der Waals surface area (Å²) in [5.41, 5.74) is -2.04. The Morgan fingerprint density at radius 2 is 0.765 bits per heavy atom. The van der Waals surface area contributed by atoms with Gasteiger partial charge in [0.1, 0.15) is 0 Å². The number of hydrogen-bond donors (Lipinski definition) is 2. The normalized spacial score (nSPS) is 12.9. The van der Waals surface area contributed by atoms with E-state index in [0.29, 0.717) is 0 Å². The molecule has 2 aliphatic carbocycles. The molecule has 0 unspecified atom stereocenters. The van der Waals surface area contributed by atoms with E-state index in [1.165, 1.54) is 60.7 Å². The fourth-order valence-corrected chi connectivity index (χ4v) is 7.01. The Kier molecular flexibility index (Phi) is 6.71. The monoisotopic (exact) mass is 674 g/mol. The van der Waals surface area contributed by atoms with Crippen LogP contribution >= 0.6 is 0 Å². The average Bonchev–Trinajstić information content (AvgIpc) is 3.13. The molecule has 0 fully saturated rings. The van der Waals surface area contributed by atoms with E-state index >= 15 is 0 Å². The highest BCUT2D eigenvalue weighted by Gasteiger charge is 2.36. The minimum absolute atomic E-state index is 0.0342. The summed E-state index contributed by atoms with van der Waals surface area (Å²) in [7, 11) is 0. The first-order valence-corrected chi connectivity index (χ1v) is 15.3. The fourth-order valence-electron chi connectivity index (χ4n) is 7.01. The predicted octanol–water partition coefficient (Wildman–Crippen LogP) is 5.94. The lowest BCUT2D eigenvalue weighted by atomic mass is 9.79. The van der Waals surface area contributed by atoms with Crippen LogP contribution in [0.1, 0.15) is 105 Å². The number of ether oxygens (including phenoxy) is 1. The van der Waals surface area contributed by atoms with Crippen LogP contribution in [0.3, 0.4) is 0 Å². The summed E-state index contributed by atoms with van der Waals surface area (Å²) in [6.07, 6.45) is 0. The second-order valence-electron chi connectivity index (χ2n) is 11.8. The van der Waals surface area contributed by atoms with Crippen LogP contribution in [0.25, 0.3) is 21.5 Å². The summed E-state index contributed by atoms with van der Waals surface area (Å²) >= 11 is 0. The predicted molar refractivity (Wildman–Crippen MR) is 178 cm³/mol. The van der Waals surface area contributed by atoms with Gasteiger partial charge in [-0.1, -0.05) is 72.8 Å². The molecule has 0 saturated heterocycles. The van der Waals surface area contributed by atoms with E-state index in [0.717, 1.165) is 12.1 Å². The molecule has 244 valence electrons. The van der Waals surface area contributed by atoms with Crippen LogP contribution in [0.4, 0.5) is 0 Å². The van der Waals surface area contributed by atoms with Crippen molar-refractivity contribution in [2.45, 2.75) is 0 Å². The number of carbonyl (C=O) groups excluding carboxylic acids is 6. The van der Waals surface area contributed by atoms with Gasteiger partial charge in [0, 0.05) is 55.3 Å². The van der Waals surface area contributed by atoms with Gasteiger partial charge in [-0.2, -0.15) is 0 Å². The Morgan fingerprint density at radius 3 is 1.12 bits per heavy atom. The molecule has 11 nitrogen and oxygen atoms in total. The molecule has 2 aliphatic rings. The Hall–Kier alpha value is -7.40. The van der Waals surface area contributed by atoms with Crippen molar-refractivity contribution in [3.05, 3.63) is 164 Å². The molecule has 0 amide bonds. The van der Waals surface area contributed by atoms with Gasteiger partial charge in [0.2, 0.25) is 0 Å². The van der Waals surface area contributed by atoms with Gasteiger partial charge in [-0.05, 0) is 35.0 Å². The first-order valence-electron chi connectivity index (χ1n) is 15.3. The van der Waals surface area contributed by atoms with Crippen molar-refractivity contribution >= 4 is 68.6 Å². The van der Waals surface area contributed by atoms with E-state index in [-0.39, 0.29) is 66.1 Å². The smallest absolute Gasteiger partial charge is 0.346 e. The lowest BCUT2D eigenvalue weighted by Gasteiger charge is -2.21. The average molecular weight is 675 g/mol. The lowest BCUT2D eigenvalue weighted by Crippen LogP contribution is -2.23. The highest BCUT2D eigenvalue weighted by molar-refractivity contribution is 6.35. The molecular formula is C40H18O11. The number of ketones is 4. The molecule has 6 aromatic carbocycles. The van der Waals surface area contributed by atoms with Gasteiger partial charge in [0.25, 0.3) is 0 Å². The van der Waals surface area contributed by atoms with Gasteiger partial charge < -0.3 is 14.9 Å². The maximum absolute atomic E-state index is 13.7. The third-order valence-corrected chi connectivity index (χ3v) is 9.18. The highest BCUT2D eigenvalue weighted by atomic mass is 16.6. The Labute approximate surface area is 285 Å². The van der Waals surface area contributed by atoms with E-state index < -0.39 is 69.3 Å². The molecule has 51 heavy (non-hydrogen) atoms. The largest absolute Gasteiger partial charge is 0.478 e. The van der Waals surface area contributed by atoms with Crippen molar-refractivity contribution in [3.63, 3.8) is 0 Å². The zero-order valence-electron chi connectivity index (χ0n) is 25.8. The van der Waals surface area contributed by atoms with Crippen LogP contribution in [0, 0.1) is 0 Å². The Balaban J connectivity index is 1.26. The standard InChI is InChI=1S/C40H18O11/c41-33-17-7-1-3-9-19(17)35(43)31-21-11-5-13-23(29(21)27(37(45)46)15-25(31)33)39(49)51-40(50)24-14-6-12-22-30(24)28(38(47)48)16-26-32(22)36(44)20-10-4-2-8-18(20)34(26)42/h1-16H,(H,45,46)(H,47,48). The summed E-state index contributed by atoms with van der Waals surface area (Å²) in [4.78, 5) is 107. The Bertz CT molecular complexity index is 2550. The van der Waals surface area contributed by atoms with Crippen molar-refractivity contribution in [3.8, 4) is 0 Å². The number of benzene rings is 6. The molecule has 0 bridgehead atoms. The van der Waals surface area contributed by atoms with Crippen LogP contribution < -0.4 is 0 Å². The van der Waals surface area contributed by atoms with Crippen LogP contribution in [-0.4, -0.2) is 57.2 Å². The molecule has 6 aromatic rings. The molecule has 0 atom stereocenters. The molecule has 0 radical (unpaired) electrons. The van der Waals surface area contributed by atoms with Crippen molar-refractivity contribution in [2.75, 3.05) is 0 Å². The zero-order chi connectivity index (χ0) is 35.9. The van der Waals surface area contributed by atoms with E-state index in [1.807, 2.05) is 0 Å². The van der Waals surface area contributed by atoms with Gasteiger partial charge in [0.15, 0.2) is 23.1 Å². The second kappa shape index (κ2) is 11.1. The molecule has 0 saturated carbocycles. The molecular weight excluding hydrogens is 656 g/mol.